The molecule has 0 aliphatic carbocycles. The van der Waals surface area contributed by atoms with Crippen LogP contribution in [0.1, 0.15) is 20.9 Å². The van der Waals surface area contributed by atoms with Crippen molar-refractivity contribution in [1.29, 1.82) is 0 Å². The van der Waals surface area contributed by atoms with Gasteiger partial charge in [0.25, 0.3) is 17.7 Å². The van der Waals surface area contributed by atoms with Gasteiger partial charge in [-0.25, -0.2) is 17.2 Å². The summed E-state index contributed by atoms with van der Waals surface area (Å²) >= 11 is 0. The fourth-order valence-corrected chi connectivity index (χ4v) is 5.19. The third-order valence-electron chi connectivity index (χ3n) is 5.63. The fraction of sp³-hybridized carbons (Fsp3) is 0.208. The number of benzene rings is 2. The minimum Gasteiger partial charge on any atom is -0.459 e. The molecule has 0 saturated carbocycles. The zero-order valence-corrected chi connectivity index (χ0v) is 19.6. The molecule has 0 bridgehead atoms. The van der Waals surface area contributed by atoms with Crippen molar-refractivity contribution >= 4 is 27.6 Å². The zero-order chi connectivity index (χ0) is 25.9. The van der Waals surface area contributed by atoms with E-state index in [0.717, 1.165) is 30.3 Å². The van der Waals surface area contributed by atoms with Crippen molar-refractivity contribution in [1.82, 2.24) is 15.1 Å². The van der Waals surface area contributed by atoms with Gasteiger partial charge in [0.05, 0.1) is 11.2 Å². The van der Waals surface area contributed by atoms with E-state index < -0.39 is 44.6 Å². The highest BCUT2D eigenvalue weighted by molar-refractivity contribution is 7.92. The molecule has 1 N–H and O–H groups in total. The van der Waals surface area contributed by atoms with Gasteiger partial charge in [-0.1, -0.05) is 6.07 Å². The Kier molecular flexibility index (Phi) is 7.15. The third kappa shape index (κ3) is 5.28. The lowest BCUT2D eigenvalue weighted by Crippen LogP contribution is -2.57. The maximum Gasteiger partial charge on any atom is 0.288 e. The van der Waals surface area contributed by atoms with E-state index in [4.69, 9.17) is 4.42 Å². The zero-order valence-electron chi connectivity index (χ0n) is 18.8. The topological polar surface area (TPSA) is 117 Å². The Bertz CT molecular complexity index is 1370. The monoisotopic (exact) mass is 517 g/mol. The average Bonchev–Trinajstić information content (AvgIpc) is 3.42. The molecule has 2 aromatic carbocycles. The molecule has 1 atom stereocenters. The van der Waals surface area contributed by atoms with Gasteiger partial charge in [-0.2, -0.15) is 0 Å². The van der Waals surface area contributed by atoms with Crippen LogP contribution in [0.25, 0.3) is 0 Å². The predicted octanol–water partition coefficient (Wildman–Crippen LogP) is 2.07. The molecular weight excluding hydrogens is 496 g/mol. The highest BCUT2D eigenvalue weighted by Crippen LogP contribution is 2.19. The van der Waals surface area contributed by atoms with E-state index >= 15 is 0 Å². The number of halogens is 2. The summed E-state index contributed by atoms with van der Waals surface area (Å²) in [5.41, 5.74) is 0.150. The van der Waals surface area contributed by atoms with Gasteiger partial charge in [-0.05, 0) is 54.6 Å². The molecule has 3 aromatic rings. The number of piperazine rings is 1. The number of carbonyl (C=O) groups is 3. The Labute approximate surface area is 205 Å². The Morgan fingerprint density at radius 2 is 1.53 bits per heavy atom. The molecule has 1 fully saturated rings. The van der Waals surface area contributed by atoms with Crippen molar-refractivity contribution in [3.8, 4) is 0 Å². The van der Waals surface area contributed by atoms with E-state index in [2.05, 4.69) is 5.32 Å². The van der Waals surface area contributed by atoms with Crippen molar-refractivity contribution in [3.63, 3.8) is 0 Å². The van der Waals surface area contributed by atoms with Gasteiger partial charge in [0, 0.05) is 31.7 Å². The minimum absolute atomic E-state index is 0.0219. The molecule has 0 radical (unpaired) electrons. The summed E-state index contributed by atoms with van der Waals surface area (Å²) in [6, 6.07) is 11.8. The second-order valence-corrected chi connectivity index (χ2v) is 9.99. The highest BCUT2D eigenvalue weighted by atomic mass is 32.2. The lowest BCUT2D eigenvalue weighted by molar-refractivity contribution is -0.132. The van der Waals surface area contributed by atoms with Gasteiger partial charge >= 0.3 is 0 Å². The van der Waals surface area contributed by atoms with E-state index in [0.29, 0.717) is 0 Å². The number of nitrogens with zero attached hydrogens (tertiary/aromatic N) is 2. The molecule has 3 amide bonds. The van der Waals surface area contributed by atoms with Crippen LogP contribution < -0.4 is 5.32 Å². The number of nitrogens with one attached hydrogen (secondary N) is 1. The molecule has 188 valence electrons. The normalized spacial score (nSPS) is 14.8. The summed E-state index contributed by atoms with van der Waals surface area (Å²) in [5.74, 6) is -3.71. The van der Waals surface area contributed by atoms with Crippen molar-refractivity contribution in [3.05, 3.63) is 89.9 Å². The minimum atomic E-state index is -4.48. The number of carbonyl (C=O) groups excluding carboxylic acids is 3. The van der Waals surface area contributed by atoms with Crippen LogP contribution in [-0.2, 0) is 14.6 Å². The maximum absolute atomic E-state index is 13.5. The van der Waals surface area contributed by atoms with Crippen molar-refractivity contribution in [2.24, 2.45) is 0 Å². The van der Waals surface area contributed by atoms with Crippen LogP contribution in [0.3, 0.4) is 0 Å². The van der Waals surface area contributed by atoms with Crippen LogP contribution in [0.2, 0.25) is 0 Å². The van der Waals surface area contributed by atoms with Crippen LogP contribution >= 0.6 is 0 Å². The predicted molar refractivity (Wildman–Crippen MR) is 122 cm³/mol. The molecule has 1 aliphatic heterocycles. The fourth-order valence-electron chi connectivity index (χ4n) is 3.73. The summed E-state index contributed by atoms with van der Waals surface area (Å²) in [5, 5.41) is 0.186. The van der Waals surface area contributed by atoms with Gasteiger partial charge in [0.1, 0.15) is 11.6 Å². The molecule has 4 rings (SSSR count). The number of rotatable bonds is 6. The molecule has 36 heavy (non-hydrogen) atoms. The van der Waals surface area contributed by atoms with E-state index in [1.165, 1.54) is 46.4 Å². The van der Waals surface area contributed by atoms with Crippen LogP contribution in [-0.4, -0.2) is 67.5 Å². The molecule has 1 aromatic heterocycles. The standard InChI is InChI=1S/C24H21F2N3O6S/c25-17-6-8-19(9-7-17)36(33,34)22(27-21(30)20-5-2-14-35-20)24(32)29-12-10-28(11-13-29)23(31)16-3-1-4-18(26)15-16/h1-9,14-15,22H,10-13H2,(H,27,30)/t22-/m0/s1. The summed E-state index contributed by atoms with van der Waals surface area (Å²) in [7, 11) is -4.48. The molecule has 2 heterocycles. The lowest BCUT2D eigenvalue weighted by Gasteiger charge is -2.36. The van der Waals surface area contributed by atoms with E-state index in [1.807, 2.05) is 0 Å². The second-order valence-electron chi connectivity index (χ2n) is 7.96. The van der Waals surface area contributed by atoms with Crippen molar-refractivity contribution in [2.75, 3.05) is 26.2 Å². The third-order valence-corrected chi connectivity index (χ3v) is 7.50. The first-order chi connectivity index (χ1) is 17.2. The Balaban J connectivity index is 1.53. The summed E-state index contributed by atoms with van der Waals surface area (Å²) in [6.45, 7) is 0.0883. The SMILES string of the molecule is O=C(N[C@H](C(=O)N1CCN(C(=O)c2cccc(F)c2)CC1)S(=O)(=O)c1ccc(F)cc1)c1ccco1. The van der Waals surface area contributed by atoms with E-state index in [-0.39, 0.29) is 42.4 Å². The van der Waals surface area contributed by atoms with Gasteiger partial charge < -0.3 is 19.5 Å². The second kappa shape index (κ2) is 10.3. The average molecular weight is 518 g/mol. The van der Waals surface area contributed by atoms with Crippen LogP contribution in [0.15, 0.2) is 76.2 Å². The number of sulfone groups is 1. The first kappa shape index (κ1) is 25.0. The van der Waals surface area contributed by atoms with Gasteiger partial charge in [-0.3, -0.25) is 14.4 Å². The number of hydrogen-bond donors (Lipinski definition) is 1. The largest absolute Gasteiger partial charge is 0.459 e. The molecule has 1 saturated heterocycles. The molecule has 1 aliphatic rings. The quantitative estimate of drug-likeness (QED) is 0.501. The number of amides is 3. The summed E-state index contributed by atoms with van der Waals surface area (Å²) in [4.78, 5) is 40.9. The van der Waals surface area contributed by atoms with Gasteiger partial charge in [-0.15, -0.1) is 0 Å². The first-order valence-electron chi connectivity index (χ1n) is 10.8. The lowest BCUT2D eigenvalue weighted by atomic mass is 10.1. The highest BCUT2D eigenvalue weighted by Gasteiger charge is 2.40. The summed E-state index contributed by atoms with van der Waals surface area (Å²) in [6.07, 6.45) is 1.22. The number of hydrogen-bond acceptors (Lipinski definition) is 6. The molecule has 0 spiro atoms. The Morgan fingerprint density at radius 3 is 2.14 bits per heavy atom. The maximum atomic E-state index is 13.5. The van der Waals surface area contributed by atoms with Gasteiger partial charge in [0.2, 0.25) is 15.2 Å². The van der Waals surface area contributed by atoms with Crippen LogP contribution in [0.5, 0.6) is 0 Å². The first-order valence-corrected chi connectivity index (χ1v) is 12.4. The molecule has 12 heteroatoms. The molecular formula is C24H21F2N3O6S. The van der Waals surface area contributed by atoms with Crippen LogP contribution in [0, 0.1) is 11.6 Å². The Hall–Kier alpha value is -4.06. The Morgan fingerprint density at radius 1 is 0.861 bits per heavy atom. The molecule has 0 unspecified atom stereocenters. The van der Waals surface area contributed by atoms with Gasteiger partial charge in [0.15, 0.2) is 5.76 Å². The van der Waals surface area contributed by atoms with Crippen LogP contribution in [0.4, 0.5) is 8.78 Å². The van der Waals surface area contributed by atoms with Crippen molar-refractivity contribution < 1.29 is 36.0 Å². The van der Waals surface area contributed by atoms with E-state index in [9.17, 15) is 31.6 Å². The summed E-state index contributed by atoms with van der Waals surface area (Å²) < 4.78 is 58.5. The van der Waals surface area contributed by atoms with Crippen molar-refractivity contribution in [2.45, 2.75) is 10.3 Å². The van der Waals surface area contributed by atoms with E-state index in [1.54, 1.807) is 0 Å². The molecule has 9 nitrogen and oxygen atoms in total. The smallest absolute Gasteiger partial charge is 0.288 e. The number of furan rings is 1.